The minimum atomic E-state index is -0.752. The van der Waals surface area contributed by atoms with Crippen molar-refractivity contribution in [3.63, 3.8) is 0 Å². The lowest BCUT2D eigenvalue weighted by molar-refractivity contribution is -0.143. The number of ether oxygens (including phenoxy) is 3. The maximum atomic E-state index is 12.7. The first-order valence-electron chi connectivity index (χ1n) is 8.28. The van der Waals surface area contributed by atoms with Crippen LogP contribution in [-0.2, 0) is 14.3 Å². The molecule has 0 radical (unpaired) electrons. The minimum Gasteiger partial charge on any atom is -0.490 e. The first kappa shape index (κ1) is 19.0. The van der Waals surface area contributed by atoms with Crippen LogP contribution in [0.25, 0.3) is 0 Å². The number of hydrogen-bond acceptors (Lipinski definition) is 4. The van der Waals surface area contributed by atoms with E-state index in [0.29, 0.717) is 35.6 Å². The maximum absolute atomic E-state index is 12.7. The van der Waals surface area contributed by atoms with E-state index >= 15 is 0 Å². The van der Waals surface area contributed by atoms with E-state index in [-0.39, 0.29) is 5.91 Å². The third-order valence-electron chi connectivity index (χ3n) is 4.50. The highest BCUT2D eigenvalue weighted by Crippen LogP contribution is 2.36. The van der Waals surface area contributed by atoms with E-state index in [4.69, 9.17) is 25.8 Å². The molecule has 1 amide bonds. The second kappa shape index (κ2) is 8.70. The summed E-state index contributed by atoms with van der Waals surface area (Å²) in [5.74, 6) is 0.935. The van der Waals surface area contributed by atoms with E-state index in [1.54, 1.807) is 32.4 Å². The van der Waals surface area contributed by atoms with Gasteiger partial charge in [-0.15, -0.1) is 0 Å². The number of amides is 1. The van der Waals surface area contributed by atoms with E-state index in [1.165, 1.54) is 0 Å². The average molecular weight is 356 g/mol. The number of hydrogen-bond donors (Lipinski definition) is 1. The summed E-state index contributed by atoms with van der Waals surface area (Å²) in [5.41, 5.74) is -0.114. The van der Waals surface area contributed by atoms with Crippen LogP contribution < -0.4 is 10.1 Å². The van der Waals surface area contributed by atoms with Crippen molar-refractivity contribution in [3.05, 3.63) is 23.2 Å². The van der Waals surface area contributed by atoms with Crippen LogP contribution in [0.3, 0.4) is 0 Å². The zero-order chi connectivity index (χ0) is 17.6. The smallest absolute Gasteiger partial charge is 0.256 e. The summed E-state index contributed by atoms with van der Waals surface area (Å²) >= 11 is 6.22. The van der Waals surface area contributed by atoms with Gasteiger partial charge in [-0.25, -0.2) is 0 Å². The van der Waals surface area contributed by atoms with Gasteiger partial charge < -0.3 is 19.5 Å². The van der Waals surface area contributed by atoms with Crippen molar-refractivity contribution in [1.82, 2.24) is 0 Å². The van der Waals surface area contributed by atoms with E-state index < -0.39 is 5.60 Å². The molecule has 1 N–H and O–H groups in total. The largest absolute Gasteiger partial charge is 0.490 e. The highest BCUT2D eigenvalue weighted by atomic mass is 35.5. The van der Waals surface area contributed by atoms with Crippen LogP contribution in [-0.4, -0.2) is 38.9 Å². The molecule has 1 fully saturated rings. The van der Waals surface area contributed by atoms with Gasteiger partial charge in [-0.2, -0.15) is 0 Å². The summed E-state index contributed by atoms with van der Waals surface area (Å²) < 4.78 is 16.1. The summed E-state index contributed by atoms with van der Waals surface area (Å²) in [6, 6.07) is 5.22. The van der Waals surface area contributed by atoms with Crippen LogP contribution in [0, 0.1) is 5.92 Å². The van der Waals surface area contributed by atoms with Crippen molar-refractivity contribution >= 4 is 23.2 Å². The van der Waals surface area contributed by atoms with Gasteiger partial charge in [0.2, 0.25) is 0 Å². The predicted molar refractivity (Wildman–Crippen MR) is 94.8 cm³/mol. The van der Waals surface area contributed by atoms with Gasteiger partial charge in [-0.3, -0.25) is 4.79 Å². The fourth-order valence-electron chi connectivity index (χ4n) is 3.16. The number of nitrogens with one attached hydrogen (secondary N) is 1. The molecule has 134 valence electrons. The summed E-state index contributed by atoms with van der Waals surface area (Å²) in [7, 11) is 3.22. The lowest BCUT2D eigenvalue weighted by atomic mass is 9.78. The molecule has 24 heavy (non-hydrogen) atoms. The SMILES string of the molecule is COCCOc1ccc(NC(=O)[C@]2(OC)CCC[C@H](C)C2)cc1Cl. The van der Waals surface area contributed by atoms with Crippen LogP contribution in [0.15, 0.2) is 18.2 Å². The molecule has 5 nitrogen and oxygen atoms in total. The van der Waals surface area contributed by atoms with Crippen molar-refractivity contribution in [3.8, 4) is 5.75 Å². The number of halogens is 1. The average Bonchev–Trinajstić information content (AvgIpc) is 2.56. The van der Waals surface area contributed by atoms with Gasteiger partial charge in [0.15, 0.2) is 0 Å². The summed E-state index contributed by atoms with van der Waals surface area (Å²) in [5, 5.41) is 3.38. The highest BCUT2D eigenvalue weighted by Gasteiger charge is 2.42. The van der Waals surface area contributed by atoms with Crippen LogP contribution in [0.4, 0.5) is 5.69 Å². The molecule has 0 aliphatic heterocycles. The number of methoxy groups -OCH3 is 2. The van der Waals surface area contributed by atoms with Gasteiger partial charge in [-0.1, -0.05) is 24.9 Å². The molecule has 0 unspecified atom stereocenters. The Bertz CT molecular complexity index is 566. The number of carbonyl (C=O) groups is 1. The summed E-state index contributed by atoms with van der Waals surface area (Å²) in [6.45, 7) is 3.07. The van der Waals surface area contributed by atoms with Crippen molar-refractivity contribution < 1.29 is 19.0 Å². The van der Waals surface area contributed by atoms with Crippen LogP contribution in [0.2, 0.25) is 5.02 Å². The Kier molecular flexibility index (Phi) is 6.90. The van der Waals surface area contributed by atoms with E-state index in [9.17, 15) is 4.79 Å². The molecular formula is C18H26ClNO4. The fraction of sp³-hybridized carbons (Fsp3) is 0.611. The molecule has 1 aromatic carbocycles. The monoisotopic (exact) mass is 355 g/mol. The van der Waals surface area contributed by atoms with Crippen LogP contribution in [0.1, 0.15) is 32.6 Å². The number of carbonyl (C=O) groups excluding carboxylic acids is 1. The Morgan fingerprint density at radius 3 is 2.79 bits per heavy atom. The molecule has 2 rings (SSSR count). The van der Waals surface area contributed by atoms with Crippen molar-refractivity contribution in [2.75, 3.05) is 32.8 Å². The molecule has 1 saturated carbocycles. The van der Waals surface area contributed by atoms with Crippen LogP contribution >= 0.6 is 11.6 Å². The Labute approximate surface area is 148 Å². The second-order valence-electron chi connectivity index (χ2n) is 6.34. The molecule has 2 atom stereocenters. The Morgan fingerprint density at radius 2 is 2.17 bits per heavy atom. The second-order valence-corrected chi connectivity index (χ2v) is 6.75. The highest BCUT2D eigenvalue weighted by molar-refractivity contribution is 6.32. The fourth-order valence-corrected chi connectivity index (χ4v) is 3.40. The normalized spacial score (nSPS) is 23.8. The number of rotatable bonds is 7. The van der Waals surface area contributed by atoms with E-state index in [2.05, 4.69) is 12.2 Å². The van der Waals surface area contributed by atoms with Gasteiger partial charge in [0.1, 0.15) is 18.0 Å². The Hall–Kier alpha value is -1.30. The number of benzene rings is 1. The predicted octanol–water partition coefficient (Wildman–Crippen LogP) is 3.90. The van der Waals surface area contributed by atoms with Gasteiger partial charge >= 0.3 is 0 Å². The topological polar surface area (TPSA) is 56.8 Å². The summed E-state index contributed by atoms with van der Waals surface area (Å²) in [4.78, 5) is 12.7. The zero-order valence-corrected chi connectivity index (χ0v) is 15.3. The van der Waals surface area contributed by atoms with Crippen LogP contribution in [0.5, 0.6) is 5.75 Å². The van der Waals surface area contributed by atoms with Gasteiger partial charge in [-0.05, 0) is 43.4 Å². The molecule has 1 aliphatic rings. The van der Waals surface area contributed by atoms with Crippen molar-refractivity contribution in [2.45, 2.75) is 38.2 Å². The van der Waals surface area contributed by atoms with Gasteiger partial charge in [0, 0.05) is 19.9 Å². The third kappa shape index (κ3) is 4.62. The summed E-state index contributed by atoms with van der Waals surface area (Å²) in [6.07, 6.45) is 3.61. The molecular weight excluding hydrogens is 330 g/mol. The molecule has 0 bridgehead atoms. The molecule has 1 aliphatic carbocycles. The van der Waals surface area contributed by atoms with Crippen molar-refractivity contribution in [1.29, 1.82) is 0 Å². The van der Waals surface area contributed by atoms with Gasteiger partial charge in [0.05, 0.1) is 11.6 Å². The third-order valence-corrected chi connectivity index (χ3v) is 4.79. The van der Waals surface area contributed by atoms with Gasteiger partial charge in [0.25, 0.3) is 5.91 Å². The number of anilines is 1. The first-order valence-corrected chi connectivity index (χ1v) is 8.66. The Balaban J connectivity index is 2.04. The Morgan fingerprint density at radius 1 is 1.38 bits per heavy atom. The quantitative estimate of drug-likeness (QED) is 0.754. The maximum Gasteiger partial charge on any atom is 0.256 e. The molecule has 6 heteroatoms. The standard InChI is InChI=1S/C18H26ClNO4/c1-13-5-4-8-18(12-13,23-3)17(21)20-14-6-7-16(15(19)11-14)24-10-9-22-2/h6-7,11,13H,4-5,8-10,12H2,1-3H3,(H,20,21)/t13-,18-/m0/s1. The molecule has 0 saturated heterocycles. The lowest BCUT2D eigenvalue weighted by Gasteiger charge is -2.37. The first-order chi connectivity index (χ1) is 11.5. The minimum absolute atomic E-state index is 0.110. The molecule has 1 aromatic rings. The molecule has 0 spiro atoms. The molecule has 0 heterocycles. The van der Waals surface area contributed by atoms with E-state index in [0.717, 1.165) is 25.7 Å². The molecule has 0 aromatic heterocycles. The van der Waals surface area contributed by atoms with E-state index in [1.807, 2.05) is 0 Å². The zero-order valence-electron chi connectivity index (χ0n) is 14.6. The lowest BCUT2D eigenvalue weighted by Crippen LogP contribution is -2.47. The van der Waals surface area contributed by atoms with Crippen molar-refractivity contribution in [2.24, 2.45) is 5.92 Å².